The summed E-state index contributed by atoms with van der Waals surface area (Å²) < 4.78 is 0. The third-order valence-electron chi connectivity index (χ3n) is 3.89. The average Bonchev–Trinajstić information content (AvgIpc) is 3.04. The summed E-state index contributed by atoms with van der Waals surface area (Å²) in [4.78, 5) is 11.6. The van der Waals surface area contributed by atoms with Crippen LogP contribution < -0.4 is 10.6 Å². The van der Waals surface area contributed by atoms with Crippen LogP contribution in [0.2, 0.25) is 0 Å². The SMILES string of the molecule is CC(CCCO)NC(=O)NCC1(C(C)C)CC1. The van der Waals surface area contributed by atoms with Gasteiger partial charge in [0.15, 0.2) is 0 Å². The van der Waals surface area contributed by atoms with E-state index in [1.807, 2.05) is 6.92 Å². The third-order valence-corrected chi connectivity index (χ3v) is 3.89. The summed E-state index contributed by atoms with van der Waals surface area (Å²) in [6.07, 6.45) is 4.01. The quantitative estimate of drug-likeness (QED) is 0.638. The Morgan fingerprint density at radius 3 is 2.47 bits per heavy atom. The molecular weight excluding hydrogens is 216 g/mol. The van der Waals surface area contributed by atoms with Gasteiger partial charge in [-0.25, -0.2) is 4.79 Å². The Balaban J connectivity index is 2.17. The van der Waals surface area contributed by atoms with E-state index in [9.17, 15) is 4.79 Å². The molecule has 1 saturated carbocycles. The monoisotopic (exact) mass is 242 g/mol. The van der Waals surface area contributed by atoms with Crippen LogP contribution in [0.25, 0.3) is 0 Å². The predicted molar refractivity (Wildman–Crippen MR) is 68.8 cm³/mol. The topological polar surface area (TPSA) is 61.4 Å². The third kappa shape index (κ3) is 4.54. The summed E-state index contributed by atoms with van der Waals surface area (Å²) in [5, 5.41) is 14.6. The standard InChI is InChI=1S/C13H26N2O2/c1-10(2)13(6-7-13)9-14-12(17)15-11(3)5-4-8-16/h10-11,16H,4-9H2,1-3H3,(H2,14,15,17). The fraction of sp³-hybridized carbons (Fsp3) is 0.923. The highest BCUT2D eigenvalue weighted by Gasteiger charge is 2.45. The van der Waals surface area contributed by atoms with Crippen molar-refractivity contribution in [2.24, 2.45) is 11.3 Å². The van der Waals surface area contributed by atoms with Gasteiger partial charge in [0.2, 0.25) is 0 Å². The van der Waals surface area contributed by atoms with E-state index in [1.54, 1.807) is 0 Å². The van der Waals surface area contributed by atoms with Crippen molar-refractivity contribution < 1.29 is 9.90 Å². The van der Waals surface area contributed by atoms with E-state index >= 15 is 0 Å². The minimum Gasteiger partial charge on any atom is -0.396 e. The highest BCUT2D eigenvalue weighted by Crippen LogP contribution is 2.51. The van der Waals surface area contributed by atoms with Crippen molar-refractivity contribution in [3.63, 3.8) is 0 Å². The van der Waals surface area contributed by atoms with Crippen molar-refractivity contribution in [1.29, 1.82) is 0 Å². The molecule has 0 spiro atoms. The first-order valence-electron chi connectivity index (χ1n) is 6.65. The zero-order chi connectivity index (χ0) is 12.9. The molecule has 17 heavy (non-hydrogen) atoms. The van der Waals surface area contributed by atoms with Gasteiger partial charge >= 0.3 is 6.03 Å². The molecule has 100 valence electrons. The summed E-state index contributed by atoms with van der Waals surface area (Å²) in [6, 6.07) is 0.0405. The molecule has 0 saturated heterocycles. The summed E-state index contributed by atoms with van der Waals surface area (Å²) in [7, 11) is 0. The van der Waals surface area contributed by atoms with Gasteiger partial charge in [-0.1, -0.05) is 13.8 Å². The predicted octanol–water partition coefficient (Wildman–Crippen LogP) is 1.88. The number of hydrogen-bond acceptors (Lipinski definition) is 2. The molecule has 0 heterocycles. The molecule has 0 bridgehead atoms. The summed E-state index contributed by atoms with van der Waals surface area (Å²) in [5.41, 5.74) is 0.353. The van der Waals surface area contributed by atoms with Crippen LogP contribution in [0.4, 0.5) is 4.79 Å². The Hall–Kier alpha value is -0.770. The van der Waals surface area contributed by atoms with Crippen molar-refractivity contribution in [2.75, 3.05) is 13.2 Å². The Bertz CT molecular complexity index is 250. The highest BCUT2D eigenvalue weighted by atomic mass is 16.3. The minimum absolute atomic E-state index is 0.0811. The van der Waals surface area contributed by atoms with Gasteiger partial charge in [0.1, 0.15) is 0 Å². The van der Waals surface area contributed by atoms with Gasteiger partial charge in [-0.05, 0) is 43.9 Å². The van der Waals surface area contributed by atoms with Crippen LogP contribution in [0.1, 0.15) is 46.5 Å². The Labute approximate surface area is 104 Å². The van der Waals surface area contributed by atoms with E-state index in [0.29, 0.717) is 11.3 Å². The van der Waals surface area contributed by atoms with Crippen LogP contribution in [0.15, 0.2) is 0 Å². The first-order valence-corrected chi connectivity index (χ1v) is 6.65. The number of nitrogens with one attached hydrogen (secondary N) is 2. The number of hydrogen-bond donors (Lipinski definition) is 3. The van der Waals surface area contributed by atoms with Crippen molar-refractivity contribution in [3.05, 3.63) is 0 Å². The maximum atomic E-state index is 11.6. The van der Waals surface area contributed by atoms with Gasteiger partial charge in [0.05, 0.1) is 0 Å². The first kappa shape index (κ1) is 14.3. The molecule has 2 amide bonds. The Morgan fingerprint density at radius 1 is 1.35 bits per heavy atom. The van der Waals surface area contributed by atoms with Crippen molar-refractivity contribution >= 4 is 6.03 Å². The molecule has 3 N–H and O–H groups in total. The molecular formula is C13H26N2O2. The van der Waals surface area contributed by atoms with E-state index in [1.165, 1.54) is 12.8 Å². The smallest absolute Gasteiger partial charge is 0.315 e. The zero-order valence-electron chi connectivity index (χ0n) is 11.3. The van der Waals surface area contributed by atoms with Crippen LogP contribution >= 0.6 is 0 Å². The van der Waals surface area contributed by atoms with Crippen molar-refractivity contribution in [2.45, 2.75) is 52.5 Å². The fourth-order valence-electron chi connectivity index (χ4n) is 2.12. The molecule has 1 unspecified atom stereocenters. The van der Waals surface area contributed by atoms with Gasteiger partial charge in [0.25, 0.3) is 0 Å². The Kier molecular flexibility index (Phi) is 5.25. The zero-order valence-corrected chi connectivity index (χ0v) is 11.3. The molecule has 0 radical (unpaired) electrons. The van der Waals surface area contributed by atoms with Crippen LogP contribution in [-0.4, -0.2) is 30.3 Å². The van der Waals surface area contributed by atoms with E-state index in [4.69, 9.17) is 5.11 Å². The molecule has 1 atom stereocenters. The molecule has 4 nitrogen and oxygen atoms in total. The van der Waals surface area contributed by atoms with Gasteiger partial charge < -0.3 is 15.7 Å². The second-order valence-corrected chi connectivity index (χ2v) is 5.61. The molecule has 0 aliphatic heterocycles. The van der Waals surface area contributed by atoms with Crippen molar-refractivity contribution in [1.82, 2.24) is 10.6 Å². The summed E-state index contributed by atoms with van der Waals surface area (Å²) in [6.45, 7) is 7.37. The normalized spacial score (nSPS) is 18.9. The lowest BCUT2D eigenvalue weighted by atomic mass is 9.92. The van der Waals surface area contributed by atoms with E-state index < -0.39 is 0 Å². The first-order chi connectivity index (χ1) is 8.00. The van der Waals surface area contributed by atoms with Gasteiger partial charge in [-0.2, -0.15) is 0 Å². The number of aliphatic hydroxyl groups is 1. The lowest BCUT2D eigenvalue weighted by Crippen LogP contribution is -2.43. The number of carbonyl (C=O) groups excluding carboxylic acids is 1. The van der Waals surface area contributed by atoms with Gasteiger partial charge in [0, 0.05) is 19.2 Å². The van der Waals surface area contributed by atoms with Crippen LogP contribution in [0.5, 0.6) is 0 Å². The number of aliphatic hydroxyl groups excluding tert-OH is 1. The molecule has 0 aromatic heterocycles. The maximum Gasteiger partial charge on any atom is 0.315 e. The number of rotatable bonds is 7. The molecule has 0 aromatic carbocycles. The van der Waals surface area contributed by atoms with Crippen LogP contribution in [0, 0.1) is 11.3 Å². The number of urea groups is 1. The minimum atomic E-state index is -0.0811. The van der Waals surface area contributed by atoms with Crippen molar-refractivity contribution in [3.8, 4) is 0 Å². The molecule has 1 aliphatic rings. The molecule has 1 rings (SSSR count). The second kappa shape index (κ2) is 6.24. The lowest BCUT2D eigenvalue weighted by Gasteiger charge is -2.21. The van der Waals surface area contributed by atoms with Gasteiger partial charge in [-0.3, -0.25) is 0 Å². The number of amides is 2. The van der Waals surface area contributed by atoms with E-state index in [0.717, 1.165) is 19.4 Å². The van der Waals surface area contributed by atoms with Gasteiger partial charge in [-0.15, -0.1) is 0 Å². The molecule has 1 fully saturated rings. The van der Waals surface area contributed by atoms with Crippen LogP contribution in [-0.2, 0) is 0 Å². The van der Waals surface area contributed by atoms with E-state index in [2.05, 4.69) is 24.5 Å². The fourth-order valence-corrected chi connectivity index (χ4v) is 2.12. The average molecular weight is 242 g/mol. The molecule has 0 aromatic rings. The maximum absolute atomic E-state index is 11.6. The summed E-state index contributed by atoms with van der Waals surface area (Å²) >= 11 is 0. The largest absolute Gasteiger partial charge is 0.396 e. The second-order valence-electron chi connectivity index (χ2n) is 5.61. The van der Waals surface area contributed by atoms with Crippen LogP contribution in [0.3, 0.4) is 0 Å². The van der Waals surface area contributed by atoms with E-state index in [-0.39, 0.29) is 18.7 Å². The number of carbonyl (C=O) groups is 1. The molecule has 4 heteroatoms. The highest BCUT2D eigenvalue weighted by molar-refractivity contribution is 5.74. The lowest BCUT2D eigenvalue weighted by molar-refractivity contribution is 0.228. The molecule has 1 aliphatic carbocycles. The summed E-state index contributed by atoms with van der Waals surface area (Å²) in [5.74, 6) is 0.634. The Morgan fingerprint density at radius 2 is 2.00 bits per heavy atom.